The lowest BCUT2D eigenvalue weighted by Crippen LogP contribution is -2.48. The summed E-state index contributed by atoms with van der Waals surface area (Å²) in [7, 11) is 3.43. The van der Waals surface area contributed by atoms with E-state index in [0.29, 0.717) is 29.2 Å². The molecule has 1 heterocycles. The molecule has 0 bridgehead atoms. The highest BCUT2D eigenvalue weighted by Gasteiger charge is 2.17. The molecule has 2 rings (SSSR count). The molecule has 0 unspecified atom stereocenters. The van der Waals surface area contributed by atoms with Crippen molar-refractivity contribution in [1.82, 2.24) is 25.7 Å². The zero-order chi connectivity index (χ0) is 20.0. The number of aromatic nitrogens is 2. The maximum atomic E-state index is 12.1. The van der Waals surface area contributed by atoms with Crippen molar-refractivity contribution in [3.8, 4) is 11.4 Å². The molecule has 0 fully saturated rings. The van der Waals surface area contributed by atoms with Gasteiger partial charge in [-0.05, 0) is 45.0 Å². The lowest BCUT2D eigenvalue weighted by molar-refractivity contribution is -0.122. The number of rotatable bonds is 5. The quantitative estimate of drug-likeness (QED) is 0.358. The smallest absolute Gasteiger partial charge is 0.246 e. The number of aliphatic imine (C=N–C) groups is 1. The summed E-state index contributed by atoms with van der Waals surface area (Å²) in [5.74, 6) is 1.35. The Balaban J connectivity index is 0.00000392. The largest absolute Gasteiger partial charge is 0.350 e. The van der Waals surface area contributed by atoms with Crippen LogP contribution in [-0.2, 0) is 11.3 Å². The number of carbonyl (C=O) groups is 1. The van der Waals surface area contributed by atoms with E-state index < -0.39 is 0 Å². The van der Waals surface area contributed by atoms with Gasteiger partial charge < -0.3 is 20.1 Å². The van der Waals surface area contributed by atoms with Gasteiger partial charge in [0.25, 0.3) is 0 Å². The van der Waals surface area contributed by atoms with E-state index in [0.717, 1.165) is 5.56 Å². The minimum atomic E-state index is -0.281. The number of benzene rings is 1. The average Bonchev–Trinajstić information content (AvgIpc) is 3.03. The van der Waals surface area contributed by atoms with E-state index in [1.54, 1.807) is 31.1 Å². The maximum absolute atomic E-state index is 12.1. The first kappa shape index (κ1) is 24.2. The van der Waals surface area contributed by atoms with Gasteiger partial charge in [0, 0.05) is 30.2 Å². The Morgan fingerprint density at radius 3 is 2.50 bits per heavy atom. The van der Waals surface area contributed by atoms with Gasteiger partial charge in [0.1, 0.15) is 0 Å². The number of guanidine groups is 1. The molecule has 1 aromatic carbocycles. The number of halogens is 2. The Morgan fingerprint density at radius 2 is 1.93 bits per heavy atom. The SMILES string of the molecule is CN=C(NCc1nc(-c2ccc(Cl)cc2)no1)N(C)CC(=O)NC(C)(C)C.I. The summed E-state index contributed by atoms with van der Waals surface area (Å²) < 4.78 is 5.26. The Kier molecular flexibility index (Phi) is 9.15. The van der Waals surface area contributed by atoms with Crippen molar-refractivity contribution in [1.29, 1.82) is 0 Å². The van der Waals surface area contributed by atoms with Crippen molar-refractivity contribution in [2.75, 3.05) is 20.6 Å². The third-order valence-electron chi connectivity index (χ3n) is 3.44. The fourth-order valence-corrected chi connectivity index (χ4v) is 2.46. The molecule has 2 aromatic rings. The standard InChI is InChI=1S/C18H25ClN6O2.HI/c1-18(2,3)23-14(26)11-25(5)17(20-4)21-10-15-22-16(24-27-15)12-6-8-13(19)9-7-12;/h6-9H,10-11H2,1-5H3,(H,20,21)(H,23,26);1H. The second kappa shape index (κ2) is 10.6. The number of carbonyl (C=O) groups excluding carboxylic acids is 1. The van der Waals surface area contributed by atoms with Crippen LogP contribution >= 0.6 is 35.6 Å². The van der Waals surface area contributed by atoms with Crippen LogP contribution in [0.1, 0.15) is 26.7 Å². The molecule has 2 N–H and O–H groups in total. The molecule has 0 aliphatic carbocycles. The molecule has 0 saturated heterocycles. The topological polar surface area (TPSA) is 95.7 Å². The molecule has 0 saturated carbocycles. The first-order valence-electron chi connectivity index (χ1n) is 8.49. The van der Waals surface area contributed by atoms with Crippen LogP contribution in [0.15, 0.2) is 33.8 Å². The number of nitrogens with zero attached hydrogens (tertiary/aromatic N) is 4. The van der Waals surface area contributed by atoms with Crippen molar-refractivity contribution in [3.05, 3.63) is 35.2 Å². The minimum Gasteiger partial charge on any atom is -0.350 e. The molecule has 8 nitrogen and oxygen atoms in total. The Bertz CT molecular complexity index is 801. The first-order chi connectivity index (χ1) is 12.7. The van der Waals surface area contributed by atoms with Gasteiger partial charge in [0.2, 0.25) is 17.6 Å². The molecule has 28 heavy (non-hydrogen) atoms. The number of likely N-dealkylation sites (N-methyl/N-ethyl adjacent to an activating group) is 1. The van der Waals surface area contributed by atoms with Crippen LogP contribution in [0, 0.1) is 0 Å². The molecule has 0 aliphatic heterocycles. The summed E-state index contributed by atoms with van der Waals surface area (Å²) in [6, 6.07) is 7.19. The maximum Gasteiger partial charge on any atom is 0.246 e. The van der Waals surface area contributed by atoms with Crippen molar-refractivity contribution in [3.63, 3.8) is 0 Å². The van der Waals surface area contributed by atoms with Crippen LogP contribution in [0.3, 0.4) is 0 Å². The van der Waals surface area contributed by atoms with Crippen molar-refractivity contribution in [2.45, 2.75) is 32.9 Å². The summed E-state index contributed by atoms with van der Waals surface area (Å²) in [6.07, 6.45) is 0. The van der Waals surface area contributed by atoms with Gasteiger partial charge >= 0.3 is 0 Å². The van der Waals surface area contributed by atoms with Crippen LogP contribution < -0.4 is 10.6 Å². The predicted octanol–water partition coefficient (Wildman–Crippen LogP) is 2.93. The average molecular weight is 521 g/mol. The molecule has 0 aliphatic rings. The third kappa shape index (κ3) is 7.63. The van der Waals surface area contributed by atoms with Gasteiger partial charge in [-0.15, -0.1) is 24.0 Å². The number of amides is 1. The van der Waals surface area contributed by atoms with E-state index in [4.69, 9.17) is 16.1 Å². The highest BCUT2D eigenvalue weighted by molar-refractivity contribution is 14.0. The van der Waals surface area contributed by atoms with Gasteiger partial charge in [-0.1, -0.05) is 16.8 Å². The Morgan fingerprint density at radius 1 is 1.29 bits per heavy atom. The molecule has 154 valence electrons. The molecular weight excluding hydrogens is 495 g/mol. The van der Waals surface area contributed by atoms with Gasteiger partial charge in [0.15, 0.2) is 5.96 Å². The van der Waals surface area contributed by atoms with E-state index in [9.17, 15) is 4.79 Å². The highest BCUT2D eigenvalue weighted by Crippen LogP contribution is 2.18. The lowest BCUT2D eigenvalue weighted by Gasteiger charge is -2.25. The fraction of sp³-hybridized carbons (Fsp3) is 0.444. The van der Waals surface area contributed by atoms with E-state index in [1.807, 2.05) is 32.9 Å². The normalized spacial score (nSPS) is 11.6. The van der Waals surface area contributed by atoms with Gasteiger partial charge in [-0.25, -0.2) is 0 Å². The number of hydrogen-bond donors (Lipinski definition) is 2. The molecule has 0 radical (unpaired) electrons. The van der Waals surface area contributed by atoms with Crippen LogP contribution in [0.25, 0.3) is 11.4 Å². The number of nitrogens with one attached hydrogen (secondary N) is 2. The molecule has 10 heteroatoms. The van der Waals surface area contributed by atoms with Crippen LogP contribution in [0.2, 0.25) is 5.02 Å². The van der Waals surface area contributed by atoms with E-state index in [1.165, 1.54) is 0 Å². The summed E-state index contributed by atoms with van der Waals surface area (Å²) >= 11 is 5.89. The number of hydrogen-bond acceptors (Lipinski definition) is 5. The summed E-state index contributed by atoms with van der Waals surface area (Å²) in [6.45, 7) is 6.28. The molecular formula is C18H26ClIN6O2. The van der Waals surface area contributed by atoms with Crippen molar-refractivity contribution < 1.29 is 9.32 Å². The van der Waals surface area contributed by atoms with Crippen LogP contribution in [0.4, 0.5) is 0 Å². The summed E-state index contributed by atoms with van der Waals surface area (Å²) in [5.41, 5.74) is 0.534. The fourth-order valence-electron chi connectivity index (χ4n) is 2.33. The van der Waals surface area contributed by atoms with E-state index >= 15 is 0 Å². The van der Waals surface area contributed by atoms with Gasteiger partial charge in [-0.2, -0.15) is 4.98 Å². The monoisotopic (exact) mass is 520 g/mol. The molecule has 0 spiro atoms. The van der Waals surface area contributed by atoms with Crippen molar-refractivity contribution >= 4 is 47.4 Å². The lowest BCUT2D eigenvalue weighted by atomic mass is 10.1. The van der Waals surface area contributed by atoms with E-state index in [-0.39, 0.29) is 42.0 Å². The second-order valence-corrected chi connectivity index (χ2v) is 7.51. The predicted molar refractivity (Wildman–Crippen MR) is 121 cm³/mol. The molecule has 1 amide bonds. The summed E-state index contributed by atoms with van der Waals surface area (Å²) in [5, 5.41) is 10.6. The summed E-state index contributed by atoms with van der Waals surface area (Å²) in [4.78, 5) is 22.3. The third-order valence-corrected chi connectivity index (χ3v) is 3.69. The van der Waals surface area contributed by atoms with E-state index in [2.05, 4.69) is 25.8 Å². The van der Waals surface area contributed by atoms with Gasteiger partial charge in [0.05, 0.1) is 13.1 Å². The van der Waals surface area contributed by atoms with Gasteiger partial charge in [-0.3, -0.25) is 9.79 Å². The minimum absolute atomic E-state index is 0. The van der Waals surface area contributed by atoms with Crippen LogP contribution in [-0.4, -0.2) is 53.1 Å². The van der Waals surface area contributed by atoms with Crippen molar-refractivity contribution in [2.24, 2.45) is 4.99 Å². The highest BCUT2D eigenvalue weighted by atomic mass is 127. The first-order valence-corrected chi connectivity index (χ1v) is 8.87. The molecule has 1 aromatic heterocycles. The zero-order valence-electron chi connectivity index (χ0n) is 16.6. The zero-order valence-corrected chi connectivity index (χ0v) is 19.7. The second-order valence-electron chi connectivity index (χ2n) is 7.07. The Hall–Kier alpha value is -1.88. The Labute approximate surface area is 187 Å². The molecule has 0 atom stereocenters. The van der Waals surface area contributed by atoms with Crippen LogP contribution in [0.5, 0.6) is 0 Å².